The van der Waals surface area contributed by atoms with Crippen molar-refractivity contribution >= 4 is 0 Å². The molecule has 1 heterocycles. The van der Waals surface area contributed by atoms with Crippen LogP contribution in [0.5, 0.6) is 0 Å². The number of aromatic nitrogens is 2. The molecule has 1 aliphatic carbocycles. The normalized spacial score (nSPS) is 17.8. The summed E-state index contributed by atoms with van der Waals surface area (Å²) in [6.45, 7) is 4.24. The molecule has 0 aromatic carbocycles. The Morgan fingerprint density at radius 2 is 1.80 bits per heavy atom. The van der Waals surface area contributed by atoms with Crippen LogP contribution in [0.15, 0.2) is 6.07 Å². The molecule has 82 valence electrons. The largest absolute Gasteiger partial charge is 0.321 e. The highest BCUT2D eigenvalue weighted by Crippen LogP contribution is 2.38. The molecule has 1 aromatic rings. The monoisotopic (exact) mass is 205 g/mol. The maximum atomic E-state index is 6.12. The van der Waals surface area contributed by atoms with Crippen LogP contribution in [0.3, 0.4) is 0 Å². The average Bonchev–Trinajstić information content (AvgIpc) is 3.11. The van der Waals surface area contributed by atoms with E-state index in [9.17, 15) is 0 Å². The van der Waals surface area contributed by atoms with Crippen LogP contribution in [-0.4, -0.2) is 9.97 Å². The molecule has 1 aliphatic rings. The molecule has 0 saturated heterocycles. The van der Waals surface area contributed by atoms with Gasteiger partial charge in [-0.3, -0.25) is 0 Å². The van der Waals surface area contributed by atoms with Gasteiger partial charge >= 0.3 is 0 Å². The number of hydrogen-bond acceptors (Lipinski definition) is 3. The first-order valence-corrected chi connectivity index (χ1v) is 5.86. The fourth-order valence-corrected chi connectivity index (χ4v) is 1.75. The first kappa shape index (κ1) is 10.6. The van der Waals surface area contributed by atoms with Gasteiger partial charge in [-0.2, -0.15) is 0 Å². The van der Waals surface area contributed by atoms with E-state index in [0.717, 1.165) is 30.1 Å². The molecule has 1 unspecified atom stereocenters. The molecule has 3 heteroatoms. The number of rotatable bonds is 4. The minimum Gasteiger partial charge on any atom is -0.321 e. The van der Waals surface area contributed by atoms with Gasteiger partial charge in [0.05, 0.1) is 6.04 Å². The summed E-state index contributed by atoms with van der Waals surface area (Å²) in [5, 5.41) is 0. The molecule has 0 aliphatic heterocycles. The van der Waals surface area contributed by atoms with Gasteiger partial charge in [0.2, 0.25) is 0 Å². The Kier molecular flexibility index (Phi) is 3.00. The van der Waals surface area contributed by atoms with Crippen LogP contribution in [0.2, 0.25) is 0 Å². The predicted molar refractivity (Wildman–Crippen MR) is 60.4 cm³/mol. The Balaban J connectivity index is 2.28. The third kappa shape index (κ3) is 2.34. The predicted octanol–water partition coefficient (Wildman–Crippen LogP) is 2.01. The lowest BCUT2D eigenvalue weighted by Gasteiger charge is -2.11. The van der Waals surface area contributed by atoms with E-state index in [4.69, 9.17) is 5.73 Å². The van der Waals surface area contributed by atoms with E-state index in [0.29, 0.717) is 5.92 Å². The number of nitrogens with zero attached hydrogens (tertiary/aromatic N) is 2. The van der Waals surface area contributed by atoms with Gasteiger partial charge in [-0.1, -0.05) is 13.8 Å². The molecule has 2 N–H and O–H groups in total. The van der Waals surface area contributed by atoms with Crippen molar-refractivity contribution in [2.45, 2.75) is 45.6 Å². The van der Waals surface area contributed by atoms with E-state index in [1.165, 1.54) is 12.8 Å². The summed E-state index contributed by atoms with van der Waals surface area (Å²) in [4.78, 5) is 9.05. The Labute approximate surface area is 91.1 Å². The lowest BCUT2D eigenvalue weighted by molar-refractivity contribution is 0.585. The fourth-order valence-electron chi connectivity index (χ4n) is 1.75. The van der Waals surface area contributed by atoms with Crippen molar-refractivity contribution < 1.29 is 0 Å². The van der Waals surface area contributed by atoms with Crippen molar-refractivity contribution in [2.24, 2.45) is 11.7 Å². The highest BCUT2D eigenvalue weighted by Gasteiger charge is 2.31. The van der Waals surface area contributed by atoms with Gasteiger partial charge in [0, 0.05) is 11.4 Å². The molecular formula is C12H19N3. The summed E-state index contributed by atoms with van der Waals surface area (Å²) >= 11 is 0. The van der Waals surface area contributed by atoms with Gasteiger partial charge < -0.3 is 5.73 Å². The zero-order valence-corrected chi connectivity index (χ0v) is 9.53. The fraction of sp³-hybridized carbons (Fsp3) is 0.667. The Bertz CT molecular complexity index is 322. The van der Waals surface area contributed by atoms with Crippen molar-refractivity contribution in [1.29, 1.82) is 0 Å². The third-order valence-electron chi connectivity index (χ3n) is 3.00. The number of nitrogens with two attached hydrogens (primary N) is 1. The lowest BCUT2D eigenvalue weighted by Crippen LogP contribution is -2.17. The quantitative estimate of drug-likeness (QED) is 0.818. The summed E-state index contributed by atoms with van der Waals surface area (Å²) in [6, 6.07) is 2.14. The highest BCUT2D eigenvalue weighted by molar-refractivity contribution is 5.14. The van der Waals surface area contributed by atoms with Crippen LogP contribution in [-0.2, 0) is 12.8 Å². The van der Waals surface area contributed by atoms with Gasteiger partial charge in [0.15, 0.2) is 0 Å². The molecule has 1 fully saturated rings. The SMILES string of the molecule is CCc1cc(CC)nc(C(N)C2CC2)n1. The number of hydrogen-bond donors (Lipinski definition) is 1. The highest BCUT2D eigenvalue weighted by atomic mass is 14.9. The Hall–Kier alpha value is -0.960. The van der Waals surface area contributed by atoms with Crippen LogP contribution in [0.25, 0.3) is 0 Å². The summed E-state index contributed by atoms with van der Waals surface area (Å²) in [5.41, 5.74) is 8.36. The second-order valence-corrected chi connectivity index (χ2v) is 4.28. The van der Waals surface area contributed by atoms with Crippen LogP contribution >= 0.6 is 0 Å². The van der Waals surface area contributed by atoms with Crippen molar-refractivity contribution in [3.05, 3.63) is 23.3 Å². The lowest BCUT2D eigenvalue weighted by atomic mass is 10.1. The van der Waals surface area contributed by atoms with Gasteiger partial charge in [0.1, 0.15) is 5.82 Å². The van der Waals surface area contributed by atoms with Gasteiger partial charge in [0.25, 0.3) is 0 Å². The maximum absolute atomic E-state index is 6.12. The van der Waals surface area contributed by atoms with E-state index >= 15 is 0 Å². The first-order valence-electron chi connectivity index (χ1n) is 5.86. The Morgan fingerprint density at radius 1 is 1.27 bits per heavy atom. The standard InChI is InChI=1S/C12H19N3/c1-3-9-7-10(4-2)15-12(14-9)11(13)8-5-6-8/h7-8,11H,3-6,13H2,1-2H3. The molecule has 1 atom stereocenters. The molecule has 0 amide bonds. The molecule has 3 nitrogen and oxygen atoms in total. The second-order valence-electron chi connectivity index (χ2n) is 4.28. The van der Waals surface area contributed by atoms with Gasteiger partial charge in [-0.15, -0.1) is 0 Å². The summed E-state index contributed by atoms with van der Waals surface area (Å²) in [6.07, 6.45) is 4.39. The number of aryl methyl sites for hydroxylation is 2. The van der Waals surface area contributed by atoms with Gasteiger partial charge in [-0.05, 0) is 37.7 Å². The summed E-state index contributed by atoms with van der Waals surface area (Å²) in [7, 11) is 0. The van der Waals surface area contributed by atoms with Crippen molar-refractivity contribution in [1.82, 2.24) is 9.97 Å². The Morgan fingerprint density at radius 3 is 2.20 bits per heavy atom. The molecule has 1 aromatic heterocycles. The van der Waals surface area contributed by atoms with Crippen molar-refractivity contribution in [2.75, 3.05) is 0 Å². The molecule has 1 saturated carbocycles. The zero-order valence-electron chi connectivity index (χ0n) is 9.53. The van der Waals surface area contributed by atoms with Crippen LogP contribution in [0.1, 0.15) is 49.9 Å². The molecule has 15 heavy (non-hydrogen) atoms. The first-order chi connectivity index (χ1) is 7.24. The molecule has 0 spiro atoms. The van der Waals surface area contributed by atoms with Crippen molar-refractivity contribution in [3.8, 4) is 0 Å². The second kappa shape index (κ2) is 4.27. The van der Waals surface area contributed by atoms with E-state index in [1.54, 1.807) is 0 Å². The average molecular weight is 205 g/mol. The minimum absolute atomic E-state index is 0.0572. The topological polar surface area (TPSA) is 51.8 Å². The third-order valence-corrected chi connectivity index (χ3v) is 3.00. The van der Waals surface area contributed by atoms with E-state index in [2.05, 4.69) is 29.9 Å². The molecule has 0 bridgehead atoms. The van der Waals surface area contributed by atoms with E-state index < -0.39 is 0 Å². The smallest absolute Gasteiger partial charge is 0.145 e. The molecule has 2 rings (SSSR count). The van der Waals surface area contributed by atoms with Crippen LogP contribution in [0, 0.1) is 5.92 Å². The molecule has 0 radical (unpaired) electrons. The van der Waals surface area contributed by atoms with Crippen LogP contribution in [0.4, 0.5) is 0 Å². The molecular weight excluding hydrogens is 186 g/mol. The maximum Gasteiger partial charge on any atom is 0.145 e. The van der Waals surface area contributed by atoms with E-state index in [-0.39, 0.29) is 6.04 Å². The zero-order chi connectivity index (χ0) is 10.8. The summed E-state index contributed by atoms with van der Waals surface area (Å²) < 4.78 is 0. The van der Waals surface area contributed by atoms with Crippen molar-refractivity contribution in [3.63, 3.8) is 0 Å². The van der Waals surface area contributed by atoms with Crippen LogP contribution < -0.4 is 5.73 Å². The van der Waals surface area contributed by atoms with E-state index in [1.807, 2.05) is 0 Å². The van der Waals surface area contributed by atoms with Gasteiger partial charge in [-0.25, -0.2) is 9.97 Å². The summed E-state index contributed by atoms with van der Waals surface area (Å²) in [5.74, 6) is 1.48. The minimum atomic E-state index is 0.0572.